The van der Waals surface area contributed by atoms with Crippen LogP contribution in [-0.4, -0.2) is 31.7 Å². The zero-order valence-electron chi connectivity index (χ0n) is 12.5. The molecule has 21 heavy (non-hydrogen) atoms. The first-order chi connectivity index (χ1) is 10.3. The topological polar surface area (TPSA) is 64.3 Å². The van der Waals surface area contributed by atoms with E-state index in [-0.39, 0.29) is 5.91 Å². The monoisotopic (exact) mass is 288 g/mol. The van der Waals surface area contributed by atoms with E-state index in [1.165, 1.54) is 0 Å². The minimum Gasteiger partial charge on any atom is -0.364 e. The third-order valence-corrected chi connectivity index (χ3v) is 2.88. The van der Waals surface area contributed by atoms with Gasteiger partial charge in [-0.3, -0.25) is 4.79 Å². The molecule has 4 nitrogen and oxygen atoms in total. The van der Waals surface area contributed by atoms with E-state index in [9.17, 15) is 4.79 Å². The molecule has 1 amide bonds. The second-order valence-corrected chi connectivity index (χ2v) is 4.53. The molecule has 0 unspecified atom stereocenters. The Hall–Kier alpha value is -1.91. The summed E-state index contributed by atoms with van der Waals surface area (Å²) in [6.45, 7) is 3.29. The van der Waals surface area contributed by atoms with Crippen LogP contribution >= 0.6 is 0 Å². The second kappa shape index (κ2) is 10.8. The molecule has 0 aliphatic heterocycles. The largest absolute Gasteiger partial charge is 0.364 e. The van der Waals surface area contributed by atoms with Gasteiger partial charge >= 0.3 is 0 Å². The highest BCUT2D eigenvalue weighted by Gasteiger charge is 2.18. The van der Waals surface area contributed by atoms with Crippen LogP contribution in [-0.2, 0) is 16.0 Å². The highest BCUT2D eigenvalue weighted by molar-refractivity contribution is 5.81. The highest BCUT2D eigenvalue weighted by atomic mass is 16.5. The molecular formula is C17H24N2O2. The zero-order valence-corrected chi connectivity index (χ0v) is 12.5. The van der Waals surface area contributed by atoms with Gasteiger partial charge in [0.05, 0.1) is 6.61 Å². The molecule has 1 aromatic rings. The minimum absolute atomic E-state index is 0.106. The van der Waals surface area contributed by atoms with Crippen molar-refractivity contribution >= 4 is 5.91 Å². The third kappa shape index (κ3) is 7.44. The molecule has 0 aromatic heterocycles. The van der Waals surface area contributed by atoms with Gasteiger partial charge in [0.25, 0.3) is 0 Å². The fraction of sp³-hybridized carbons (Fsp3) is 0.353. The van der Waals surface area contributed by atoms with E-state index in [1.54, 1.807) is 0 Å². The standard InChI is InChI=1S/C17H24N2O2/c1-2-3-13-21-16(14-15-9-5-4-6-10-15)17(20)19-12-8-7-11-18/h2-10,16H,11-14,18H2,1H3,(H,19,20)/b3-2+,8-7+/t16-/m0/s1. The summed E-state index contributed by atoms with van der Waals surface area (Å²) in [6.07, 6.45) is 7.51. The quantitative estimate of drug-likeness (QED) is 0.681. The van der Waals surface area contributed by atoms with Crippen molar-refractivity contribution in [1.82, 2.24) is 5.32 Å². The van der Waals surface area contributed by atoms with Crippen LogP contribution in [0.5, 0.6) is 0 Å². The van der Waals surface area contributed by atoms with Crippen molar-refractivity contribution in [2.45, 2.75) is 19.4 Å². The molecule has 0 aliphatic rings. The van der Waals surface area contributed by atoms with Crippen LogP contribution in [0.25, 0.3) is 0 Å². The zero-order chi connectivity index (χ0) is 15.3. The van der Waals surface area contributed by atoms with Gasteiger partial charge in [-0.25, -0.2) is 0 Å². The van der Waals surface area contributed by atoms with Crippen LogP contribution in [0.4, 0.5) is 0 Å². The van der Waals surface area contributed by atoms with Crippen LogP contribution in [0.2, 0.25) is 0 Å². The molecule has 1 rings (SSSR count). The molecular weight excluding hydrogens is 264 g/mol. The number of nitrogens with two attached hydrogens (primary N) is 1. The van der Waals surface area contributed by atoms with Gasteiger partial charge in [-0.2, -0.15) is 0 Å². The van der Waals surface area contributed by atoms with Crippen molar-refractivity contribution in [3.63, 3.8) is 0 Å². The molecule has 0 saturated heterocycles. The van der Waals surface area contributed by atoms with Crippen LogP contribution in [0.1, 0.15) is 12.5 Å². The molecule has 0 aliphatic carbocycles. The van der Waals surface area contributed by atoms with Crippen LogP contribution in [0.3, 0.4) is 0 Å². The number of rotatable bonds is 9. The summed E-state index contributed by atoms with van der Waals surface area (Å²) in [7, 11) is 0. The summed E-state index contributed by atoms with van der Waals surface area (Å²) in [5.41, 5.74) is 6.44. The number of ether oxygens (including phenoxy) is 1. The Labute approximate surface area is 126 Å². The Kier molecular flexibility index (Phi) is 8.84. The van der Waals surface area contributed by atoms with Gasteiger partial charge in [0.15, 0.2) is 0 Å². The molecule has 0 heterocycles. The SMILES string of the molecule is C/C=C/CO[C@@H](Cc1ccccc1)C(=O)NC/C=C/CN. The van der Waals surface area contributed by atoms with Crippen LogP contribution < -0.4 is 11.1 Å². The maximum atomic E-state index is 12.2. The van der Waals surface area contributed by atoms with E-state index in [2.05, 4.69) is 5.32 Å². The van der Waals surface area contributed by atoms with E-state index >= 15 is 0 Å². The summed E-state index contributed by atoms with van der Waals surface area (Å²) in [4.78, 5) is 12.2. The van der Waals surface area contributed by atoms with Crippen molar-refractivity contribution in [3.05, 3.63) is 60.2 Å². The van der Waals surface area contributed by atoms with Crippen molar-refractivity contribution < 1.29 is 9.53 Å². The fourth-order valence-electron chi connectivity index (χ4n) is 1.78. The Balaban J connectivity index is 2.58. The van der Waals surface area contributed by atoms with E-state index in [0.29, 0.717) is 26.1 Å². The Bertz CT molecular complexity index is 455. The van der Waals surface area contributed by atoms with Gasteiger partial charge in [-0.1, -0.05) is 54.6 Å². The predicted molar refractivity (Wildman–Crippen MR) is 85.9 cm³/mol. The number of amides is 1. The lowest BCUT2D eigenvalue weighted by Crippen LogP contribution is -2.38. The van der Waals surface area contributed by atoms with Crippen molar-refractivity contribution in [2.24, 2.45) is 5.73 Å². The summed E-state index contributed by atoms with van der Waals surface area (Å²) in [5, 5.41) is 2.83. The fourth-order valence-corrected chi connectivity index (χ4v) is 1.78. The van der Waals surface area contributed by atoms with E-state index in [0.717, 1.165) is 5.56 Å². The number of carbonyl (C=O) groups is 1. The molecule has 0 fully saturated rings. The predicted octanol–water partition coefficient (Wildman–Crippen LogP) is 1.82. The average molecular weight is 288 g/mol. The summed E-state index contributed by atoms with van der Waals surface area (Å²) in [6, 6.07) is 9.86. The Morgan fingerprint density at radius 1 is 1.29 bits per heavy atom. The van der Waals surface area contributed by atoms with Gasteiger partial charge < -0.3 is 15.8 Å². The molecule has 1 atom stereocenters. The molecule has 0 saturated carbocycles. The molecule has 0 radical (unpaired) electrons. The first kappa shape index (κ1) is 17.1. The second-order valence-electron chi connectivity index (χ2n) is 4.53. The van der Waals surface area contributed by atoms with Crippen molar-refractivity contribution in [3.8, 4) is 0 Å². The molecule has 4 heteroatoms. The number of carbonyl (C=O) groups excluding carboxylic acids is 1. The number of hydrogen-bond donors (Lipinski definition) is 2. The van der Waals surface area contributed by atoms with Crippen LogP contribution in [0.15, 0.2) is 54.6 Å². The molecule has 0 spiro atoms. The smallest absolute Gasteiger partial charge is 0.249 e. The lowest BCUT2D eigenvalue weighted by Gasteiger charge is -2.16. The number of nitrogens with one attached hydrogen (secondary N) is 1. The molecule has 0 bridgehead atoms. The Morgan fingerprint density at radius 3 is 2.71 bits per heavy atom. The number of benzene rings is 1. The highest BCUT2D eigenvalue weighted by Crippen LogP contribution is 2.06. The van der Waals surface area contributed by atoms with Gasteiger partial charge in [0.2, 0.25) is 5.91 Å². The Morgan fingerprint density at radius 2 is 2.05 bits per heavy atom. The molecule has 114 valence electrons. The van der Waals surface area contributed by atoms with Gasteiger partial charge in [-0.05, 0) is 12.5 Å². The molecule has 3 N–H and O–H groups in total. The lowest BCUT2D eigenvalue weighted by molar-refractivity contribution is -0.131. The summed E-state index contributed by atoms with van der Waals surface area (Å²) < 4.78 is 5.66. The van der Waals surface area contributed by atoms with Gasteiger partial charge in [0.1, 0.15) is 6.10 Å². The first-order valence-corrected chi connectivity index (χ1v) is 7.17. The first-order valence-electron chi connectivity index (χ1n) is 7.17. The van der Waals surface area contributed by atoms with Gasteiger partial charge in [-0.15, -0.1) is 0 Å². The van der Waals surface area contributed by atoms with Crippen molar-refractivity contribution in [1.29, 1.82) is 0 Å². The third-order valence-electron chi connectivity index (χ3n) is 2.88. The minimum atomic E-state index is -0.491. The van der Waals surface area contributed by atoms with Gasteiger partial charge in [0, 0.05) is 19.5 Å². The maximum Gasteiger partial charge on any atom is 0.249 e. The van der Waals surface area contributed by atoms with Crippen molar-refractivity contribution in [2.75, 3.05) is 19.7 Å². The number of hydrogen-bond acceptors (Lipinski definition) is 3. The van der Waals surface area contributed by atoms with E-state index in [4.69, 9.17) is 10.5 Å². The van der Waals surface area contributed by atoms with E-state index in [1.807, 2.05) is 61.6 Å². The summed E-state index contributed by atoms with van der Waals surface area (Å²) >= 11 is 0. The summed E-state index contributed by atoms with van der Waals surface area (Å²) in [5.74, 6) is -0.106. The van der Waals surface area contributed by atoms with E-state index < -0.39 is 6.10 Å². The van der Waals surface area contributed by atoms with Crippen LogP contribution in [0, 0.1) is 0 Å². The normalized spacial score (nSPS) is 12.9. The average Bonchev–Trinajstić information content (AvgIpc) is 2.51. The lowest BCUT2D eigenvalue weighted by atomic mass is 10.1. The molecule has 1 aromatic carbocycles. The number of allylic oxidation sites excluding steroid dienone is 1. The maximum absolute atomic E-state index is 12.2.